The van der Waals surface area contributed by atoms with Crippen LogP contribution in [0.25, 0.3) is 0 Å². The van der Waals surface area contributed by atoms with Gasteiger partial charge >= 0.3 is 0 Å². The Morgan fingerprint density at radius 1 is 1.64 bits per heavy atom. The van der Waals surface area contributed by atoms with Crippen molar-refractivity contribution in [1.82, 2.24) is 4.98 Å². The number of hydrogen-bond donors (Lipinski definition) is 1. The lowest BCUT2D eigenvalue weighted by atomic mass is 10.5. The minimum Gasteiger partial charge on any atom is -0.274 e. The van der Waals surface area contributed by atoms with Gasteiger partial charge in [0.15, 0.2) is 0 Å². The van der Waals surface area contributed by atoms with E-state index in [-0.39, 0.29) is 5.17 Å². The molecule has 4 nitrogen and oxygen atoms in total. The molecule has 0 atom stereocenters. The Morgan fingerprint density at radius 3 is 3.00 bits per heavy atom. The van der Waals surface area contributed by atoms with Crippen LogP contribution < -0.4 is 0 Å². The van der Waals surface area contributed by atoms with Crippen molar-refractivity contribution in [2.45, 2.75) is 5.03 Å². The van der Waals surface area contributed by atoms with E-state index in [1.54, 1.807) is 24.4 Å². The van der Waals surface area contributed by atoms with E-state index >= 15 is 0 Å². The van der Waals surface area contributed by atoms with Gasteiger partial charge < -0.3 is 0 Å². The summed E-state index contributed by atoms with van der Waals surface area (Å²) in [7, 11) is 0. The van der Waals surface area contributed by atoms with Gasteiger partial charge in [0.1, 0.15) is 5.03 Å². The van der Waals surface area contributed by atoms with Gasteiger partial charge in [-0.1, -0.05) is 6.07 Å². The average molecular weight is 167 g/mol. The third-order valence-corrected chi connectivity index (χ3v) is 1.64. The molecule has 0 aliphatic heterocycles. The van der Waals surface area contributed by atoms with E-state index in [0.717, 1.165) is 11.8 Å². The van der Waals surface area contributed by atoms with Crippen LogP contribution in [-0.2, 0) is 0 Å². The zero-order chi connectivity index (χ0) is 8.10. The Hall–Kier alpha value is -1.23. The predicted molar refractivity (Wildman–Crippen MR) is 43.6 cm³/mol. The monoisotopic (exact) mass is 167 g/mol. The van der Waals surface area contributed by atoms with Crippen LogP contribution in [-0.4, -0.2) is 10.2 Å². The largest absolute Gasteiger partial charge is 0.274 e. The fourth-order valence-electron chi connectivity index (χ4n) is 0.525. The molecule has 1 rings (SSSR count). The van der Waals surface area contributed by atoms with Gasteiger partial charge in [-0.25, -0.2) is 4.98 Å². The average Bonchev–Trinajstić information content (AvgIpc) is 2.06. The number of hydrogen-bond acceptors (Lipinski definition) is 4. The lowest BCUT2D eigenvalue weighted by Gasteiger charge is -1.92. The molecule has 0 radical (unpaired) electrons. The van der Waals surface area contributed by atoms with Crippen LogP contribution in [0.3, 0.4) is 0 Å². The molecule has 0 saturated heterocycles. The molecule has 0 spiro atoms. The van der Waals surface area contributed by atoms with Crippen molar-refractivity contribution < 1.29 is 0 Å². The Morgan fingerprint density at radius 2 is 2.45 bits per heavy atom. The zero-order valence-electron chi connectivity index (χ0n) is 5.52. The Kier molecular flexibility index (Phi) is 2.74. The first kappa shape index (κ1) is 7.87. The van der Waals surface area contributed by atoms with Crippen molar-refractivity contribution in [3.63, 3.8) is 0 Å². The minimum atomic E-state index is -0.274. The first-order valence-corrected chi connectivity index (χ1v) is 3.65. The van der Waals surface area contributed by atoms with Crippen LogP contribution in [0.5, 0.6) is 0 Å². The van der Waals surface area contributed by atoms with Gasteiger partial charge in [0.2, 0.25) is 5.17 Å². The van der Waals surface area contributed by atoms with Crippen LogP contribution >= 0.6 is 11.8 Å². The molecule has 0 bridgehead atoms. The molecule has 1 aromatic heterocycles. The summed E-state index contributed by atoms with van der Waals surface area (Å²) in [5.74, 6) is 0. The minimum absolute atomic E-state index is 0.274. The van der Waals surface area contributed by atoms with Gasteiger partial charge in [-0.05, 0) is 29.1 Å². The molecule has 11 heavy (non-hydrogen) atoms. The summed E-state index contributed by atoms with van der Waals surface area (Å²) in [6.07, 6.45) is 1.60. The van der Waals surface area contributed by atoms with Gasteiger partial charge in [-0.15, -0.1) is 4.91 Å². The van der Waals surface area contributed by atoms with E-state index in [1.807, 2.05) is 0 Å². The van der Waals surface area contributed by atoms with E-state index < -0.39 is 0 Å². The fraction of sp³-hybridized carbons (Fsp3) is 0. The highest BCUT2D eigenvalue weighted by Gasteiger charge is 1.98. The molecular formula is C6H5N3OS. The van der Waals surface area contributed by atoms with E-state index in [4.69, 9.17) is 5.41 Å². The highest BCUT2D eigenvalue weighted by molar-refractivity contribution is 8.13. The molecule has 0 aliphatic rings. The lowest BCUT2D eigenvalue weighted by molar-refractivity contribution is 1.14. The Bertz CT molecular complexity index is 262. The van der Waals surface area contributed by atoms with Crippen LogP contribution in [0.1, 0.15) is 0 Å². The zero-order valence-corrected chi connectivity index (χ0v) is 6.34. The molecule has 5 heteroatoms. The number of aromatic nitrogens is 1. The maximum Gasteiger partial charge on any atom is 0.230 e. The highest BCUT2D eigenvalue weighted by atomic mass is 32.2. The summed E-state index contributed by atoms with van der Waals surface area (Å²) in [6, 6.07) is 5.26. The van der Waals surface area contributed by atoms with E-state index in [2.05, 4.69) is 10.2 Å². The van der Waals surface area contributed by atoms with E-state index in [9.17, 15) is 4.91 Å². The van der Waals surface area contributed by atoms with Gasteiger partial charge in [-0.2, -0.15) is 0 Å². The van der Waals surface area contributed by atoms with Crippen molar-refractivity contribution in [2.24, 2.45) is 5.18 Å². The normalized spacial score (nSPS) is 9.09. The van der Waals surface area contributed by atoms with Gasteiger partial charge in [0.05, 0.1) is 0 Å². The molecule has 0 aromatic carbocycles. The number of amidine groups is 1. The molecule has 0 unspecified atom stereocenters. The summed E-state index contributed by atoms with van der Waals surface area (Å²) < 4.78 is 0. The number of thioether (sulfide) groups is 1. The standard InChI is InChI=1S/C6H5N3OS/c7-6(9-10)11-5-3-1-2-4-8-5/h1-4,7H. The maximum absolute atomic E-state index is 9.79. The summed E-state index contributed by atoms with van der Waals surface area (Å²) in [5.41, 5.74) is 0. The maximum atomic E-state index is 9.79. The SMILES string of the molecule is N=C(N=O)Sc1ccccn1. The van der Waals surface area contributed by atoms with Crippen LogP contribution in [0.2, 0.25) is 0 Å². The van der Waals surface area contributed by atoms with Crippen molar-refractivity contribution in [3.05, 3.63) is 29.3 Å². The van der Waals surface area contributed by atoms with Crippen LogP contribution in [0, 0.1) is 10.3 Å². The van der Waals surface area contributed by atoms with Crippen LogP contribution in [0.15, 0.2) is 34.6 Å². The Labute approximate surface area is 67.5 Å². The topological polar surface area (TPSA) is 66.2 Å². The summed E-state index contributed by atoms with van der Waals surface area (Å²) in [4.78, 5) is 13.7. The molecule has 0 saturated carbocycles. The van der Waals surface area contributed by atoms with Gasteiger partial charge in [0, 0.05) is 6.20 Å². The number of pyridine rings is 1. The highest BCUT2D eigenvalue weighted by Crippen LogP contribution is 2.14. The number of nitroso groups, excluding NO2 is 1. The summed E-state index contributed by atoms with van der Waals surface area (Å²) in [6.45, 7) is 0. The van der Waals surface area contributed by atoms with E-state index in [1.165, 1.54) is 0 Å². The summed E-state index contributed by atoms with van der Waals surface area (Å²) >= 11 is 0.937. The first-order chi connectivity index (χ1) is 5.33. The molecule has 1 aromatic rings. The van der Waals surface area contributed by atoms with Gasteiger partial charge in [-0.3, -0.25) is 5.41 Å². The number of nitrogens with one attached hydrogen (secondary N) is 1. The van der Waals surface area contributed by atoms with Crippen LogP contribution in [0.4, 0.5) is 0 Å². The van der Waals surface area contributed by atoms with E-state index in [0.29, 0.717) is 5.03 Å². The lowest BCUT2D eigenvalue weighted by Crippen LogP contribution is -1.83. The molecule has 56 valence electrons. The molecule has 0 amide bonds. The molecule has 1 heterocycles. The second-order valence-corrected chi connectivity index (χ2v) is 2.68. The third kappa shape index (κ3) is 2.46. The summed E-state index contributed by atoms with van der Waals surface area (Å²) in [5, 5.41) is 9.69. The number of nitrogens with zero attached hydrogens (tertiary/aromatic N) is 2. The fourth-order valence-corrected chi connectivity index (χ4v) is 1.02. The number of rotatable bonds is 1. The quantitative estimate of drug-likeness (QED) is 0.300. The first-order valence-electron chi connectivity index (χ1n) is 2.83. The molecular weight excluding hydrogens is 162 g/mol. The van der Waals surface area contributed by atoms with Crippen molar-refractivity contribution >= 4 is 16.9 Å². The molecule has 0 aliphatic carbocycles. The van der Waals surface area contributed by atoms with Crippen molar-refractivity contribution in [1.29, 1.82) is 5.41 Å². The molecule has 0 fully saturated rings. The predicted octanol–water partition coefficient (Wildman–Crippen LogP) is 1.87. The second kappa shape index (κ2) is 3.82. The third-order valence-electron chi connectivity index (χ3n) is 0.922. The van der Waals surface area contributed by atoms with Crippen molar-refractivity contribution in [2.75, 3.05) is 0 Å². The Balaban J connectivity index is 2.65. The van der Waals surface area contributed by atoms with Crippen molar-refractivity contribution in [3.8, 4) is 0 Å². The smallest absolute Gasteiger partial charge is 0.230 e. The van der Waals surface area contributed by atoms with Gasteiger partial charge in [0.25, 0.3) is 0 Å². The second-order valence-electron chi connectivity index (χ2n) is 1.67. The molecule has 1 N–H and O–H groups in total.